The summed E-state index contributed by atoms with van der Waals surface area (Å²) in [4.78, 5) is 25.5. The highest BCUT2D eigenvalue weighted by Crippen LogP contribution is 2.28. The van der Waals surface area contributed by atoms with Crippen molar-refractivity contribution in [3.05, 3.63) is 35.4 Å². The summed E-state index contributed by atoms with van der Waals surface area (Å²) in [7, 11) is 0. The van der Waals surface area contributed by atoms with Crippen molar-refractivity contribution in [1.82, 2.24) is 10.2 Å². The molecule has 7 heteroatoms. The van der Waals surface area contributed by atoms with Crippen LogP contribution in [0.25, 0.3) is 0 Å². The second-order valence-electron chi connectivity index (χ2n) is 4.30. The molecule has 0 spiro atoms. The van der Waals surface area contributed by atoms with Gasteiger partial charge in [-0.25, -0.2) is 0 Å². The van der Waals surface area contributed by atoms with Crippen LogP contribution in [0.15, 0.2) is 24.3 Å². The quantitative estimate of drug-likeness (QED) is 0.614. The third-order valence-corrected chi connectivity index (χ3v) is 4.57. The Bertz CT molecular complexity index is 555. The molecule has 0 bridgehead atoms. The second kappa shape index (κ2) is 4.59. The Morgan fingerprint density at radius 3 is 2.32 bits per heavy atom. The number of aliphatic hydroxyl groups excluding tert-OH is 1. The predicted molar refractivity (Wildman–Crippen MR) is 74.9 cm³/mol. The Hall–Kier alpha value is -1.44. The number of amides is 2. The first-order chi connectivity index (χ1) is 9.08. The second-order valence-corrected chi connectivity index (χ2v) is 6.22. The fourth-order valence-corrected chi connectivity index (χ4v) is 3.55. The first-order valence-electron chi connectivity index (χ1n) is 5.68. The van der Waals surface area contributed by atoms with Crippen molar-refractivity contribution in [3.8, 4) is 0 Å². The number of thiocarbonyl (C=S) groups is 1. The van der Waals surface area contributed by atoms with E-state index in [2.05, 4.69) is 5.32 Å². The molecule has 0 aromatic heterocycles. The van der Waals surface area contributed by atoms with Crippen molar-refractivity contribution in [2.75, 3.05) is 6.54 Å². The first-order valence-corrected chi connectivity index (χ1v) is 6.97. The first kappa shape index (κ1) is 12.6. The Morgan fingerprint density at radius 2 is 1.84 bits per heavy atom. The molecule has 5 nitrogen and oxygen atoms in total. The van der Waals surface area contributed by atoms with E-state index < -0.39 is 6.23 Å². The molecule has 2 aliphatic heterocycles. The van der Waals surface area contributed by atoms with Crippen LogP contribution in [0.1, 0.15) is 20.7 Å². The summed E-state index contributed by atoms with van der Waals surface area (Å²) in [6.07, 6.45) is -0.832. The van der Waals surface area contributed by atoms with E-state index in [1.54, 1.807) is 24.3 Å². The van der Waals surface area contributed by atoms with Gasteiger partial charge in [0, 0.05) is 6.54 Å². The molecule has 2 heterocycles. The molecule has 1 aromatic rings. The lowest BCUT2D eigenvalue weighted by molar-refractivity contribution is 0.0627. The average molecular weight is 294 g/mol. The van der Waals surface area contributed by atoms with Crippen LogP contribution in [-0.4, -0.2) is 44.2 Å². The zero-order chi connectivity index (χ0) is 13.6. The van der Waals surface area contributed by atoms with Crippen molar-refractivity contribution in [3.63, 3.8) is 0 Å². The number of hydrogen-bond donors (Lipinski definition) is 2. The third kappa shape index (κ3) is 2.03. The number of fused-ring (bicyclic) bond motifs is 1. The number of nitrogens with zero attached hydrogens (tertiary/aromatic N) is 1. The van der Waals surface area contributed by atoms with Gasteiger partial charge in [0.15, 0.2) is 0 Å². The Morgan fingerprint density at radius 1 is 1.26 bits per heavy atom. The van der Waals surface area contributed by atoms with Crippen LogP contribution in [0.4, 0.5) is 0 Å². The van der Waals surface area contributed by atoms with Gasteiger partial charge in [-0.15, -0.1) is 0 Å². The molecule has 2 unspecified atom stereocenters. The molecule has 0 saturated carbocycles. The SMILES string of the molecule is O=C1c2ccccc2C(=O)N1CC1SC(=S)NC1O. The van der Waals surface area contributed by atoms with Gasteiger partial charge in [-0.3, -0.25) is 14.5 Å². The molecule has 2 atom stereocenters. The summed E-state index contributed by atoms with van der Waals surface area (Å²) in [5.41, 5.74) is 0.834. The predicted octanol–water partition coefficient (Wildman–Crippen LogP) is 0.591. The lowest BCUT2D eigenvalue weighted by atomic mass is 10.1. The van der Waals surface area contributed by atoms with Crippen LogP contribution >= 0.6 is 24.0 Å². The van der Waals surface area contributed by atoms with Crippen LogP contribution in [0.3, 0.4) is 0 Å². The van der Waals surface area contributed by atoms with E-state index in [4.69, 9.17) is 12.2 Å². The molecule has 0 aliphatic carbocycles. The largest absolute Gasteiger partial charge is 0.373 e. The van der Waals surface area contributed by atoms with Crippen molar-refractivity contribution < 1.29 is 14.7 Å². The van der Waals surface area contributed by atoms with Crippen LogP contribution in [0, 0.1) is 0 Å². The smallest absolute Gasteiger partial charge is 0.261 e. The Kier molecular flexibility index (Phi) is 3.04. The van der Waals surface area contributed by atoms with Gasteiger partial charge in [0.1, 0.15) is 10.5 Å². The molecule has 1 aromatic carbocycles. The number of hydrogen-bond acceptors (Lipinski definition) is 5. The fraction of sp³-hybridized carbons (Fsp3) is 0.250. The third-order valence-electron chi connectivity index (χ3n) is 3.12. The van der Waals surface area contributed by atoms with E-state index in [1.807, 2.05) is 0 Å². The number of carbonyl (C=O) groups is 2. The van der Waals surface area contributed by atoms with Crippen molar-refractivity contribution >= 4 is 40.1 Å². The zero-order valence-corrected chi connectivity index (χ0v) is 11.3. The number of benzene rings is 1. The summed E-state index contributed by atoms with van der Waals surface area (Å²) < 4.78 is 0.481. The number of carbonyl (C=O) groups excluding carboxylic acids is 2. The highest BCUT2D eigenvalue weighted by Gasteiger charge is 2.39. The summed E-state index contributed by atoms with van der Waals surface area (Å²) in [6, 6.07) is 6.72. The van der Waals surface area contributed by atoms with E-state index in [0.717, 1.165) is 0 Å². The van der Waals surface area contributed by atoms with Crippen LogP contribution in [0.2, 0.25) is 0 Å². The number of imide groups is 1. The van der Waals surface area contributed by atoms with Gasteiger partial charge in [-0.2, -0.15) is 0 Å². The topological polar surface area (TPSA) is 69.6 Å². The van der Waals surface area contributed by atoms with E-state index >= 15 is 0 Å². The van der Waals surface area contributed by atoms with Gasteiger partial charge in [0.25, 0.3) is 11.8 Å². The highest BCUT2D eigenvalue weighted by atomic mass is 32.2. The molecule has 1 saturated heterocycles. The Labute approximate surface area is 119 Å². The maximum Gasteiger partial charge on any atom is 0.261 e. The fourth-order valence-electron chi connectivity index (χ4n) is 2.17. The van der Waals surface area contributed by atoms with E-state index in [1.165, 1.54) is 16.7 Å². The highest BCUT2D eigenvalue weighted by molar-refractivity contribution is 8.23. The van der Waals surface area contributed by atoms with Crippen molar-refractivity contribution in [2.45, 2.75) is 11.5 Å². The summed E-state index contributed by atoms with van der Waals surface area (Å²) >= 11 is 6.21. The van der Waals surface area contributed by atoms with Gasteiger partial charge in [-0.1, -0.05) is 36.1 Å². The molecule has 19 heavy (non-hydrogen) atoms. The van der Waals surface area contributed by atoms with E-state index in [0.29, 0.717) is 15.4 Å². The summed E-state index contributed by atoms with van der Waals surface area (Å²) in [6.45, 7) is 0.144. The monoisotopic (exact) mass is 294 g/mol. The normalized spacial score (nSPS) is 25.7. The lowest BCUT2D eigenvalue weighted by Crippen LogP contribution is -2.41. The maximum absolute atomic E-state index is 12.1. The summed E-state index contributed by atoms with van der Waals surface area (Å²) in [5, 5.41) is 12.1. The molecule has 98 valence electrons. The van der Waals surface area contributed by atoms with E-state index in [9.17, 15) is 14.7 Å². The minimum atomic E-state index is -0.832. The van der Waals surface area contributed by atoms with Crippen LogP contribution in [-0.2, 0) is 0 Å². The van der Waals surface area contributed by atoms with Gasteiger partial charge in [0.2, 0.25) is 0 Å². The molecule has 2 aliphatic rings. The van der Waals surface area contributed by atoms with E-state index in [-0.39, 0.29) is 23.6 Å². The number of rotatable bonds is 2. The van der Waals surface area contributed by atoms with Gasteiger partial charge in [-0.05, 0) is 12.1 Å². The number of aliphatic hydroxyl groups is 1. The van der Waals surface area contributed by atoms with Crippen LogP contribution < -0.4 is 5.32 Å². The number of nitrogens with one attached hydrogen (secondary N) is 1. The molecular weight excluding hydrogens is 284 g/mol. The van der Waals surface area contributed by atoms with Gasteiger partial charge in [0.05, 0.1) is 16.4 Å². The van der Waals surface area contributed by atoms with Crippen molar-refractivity contribution in [1.29, 1.82) is 0 Å². The Balaban J connectivity index is 1.83. The van der Waals surface area contributed by atoms with Crippen LogP contribution in [0.5, 0.6) is 0 Å². The van der Waals surface area contributed by atoms with Gasteiger partial charge >= 0.3 is 0 Å². The maximum atomic E-state index is 12.1. The number of thioether (sulfide) groups is 1. The minimum absolute atomic E-state index is 0.144. The molecule has 2 amide bonds. The van der Waals surface area contributed by atoms with Gasteiger partial charge < -0.3 is 10.4 Å². The molecular formula is C12H10N2O3S2. The lowest BCUT2D eigenvalue weighted by Gasteiger charge is -2.19. The zero-order valence-electron chi connectivity index (χ0n) is 9.70. The molecule has 1 fully saturated rings. The minimum Gasteiger partial charge on any atom is -0.373 e. The average Bonchev–Trinajstić information content (AvgIpc) is 2.83. The summed E-state index contributed by atoms with van der Waals surface area (Å²) in [5.74, 6) is -0.627. The standard InChI is InChI=1S/C12H10N2O3S2/c15-9-8(19-12(18)13-9)5-14-10(16)6-3-1-2-4-7(6)11(14)17/h1-4,8-9,15H,5H2,(H,13,18). The van der Waals surface area contributed by atoms with Crippen molar-refractivity contribution in [2.24, 2.45) is 0 Å². The molecule has 3 rings (SSSR count). The molecule has 2 N–H and O–H groups in total. The molecule has 0 radical (unpaired) electrons.